The van der Waals surface area contributed by atoms with Crippen molar-refractivity contribution in [3.05, 3.63) is 57.6 Å². The second-order valence-corrected chi connectivity index (χ2v) is 7.71. The molecule has 10 heteroatoms. The number of carbonyl (C=O) groups excluding carboxylic acids is 2. The first kappa shape index (κ1) is 24.3. The zero-order valence-electron chi connectivity index (χ0n) is 18.5. The number of hydrogen-bond donors (Lipinski definition) is 1. The van der Waals surface area contributed by atoms with Gasteiger partial charge in [-0.1, -0.05) is 39.0 Å². The Morgan fingerprint density at radius 3 is 2.44 bits per heavy atom. The van der Waals surface area contributed by atoms with Crippen LogP contribution in [0.3, 0.4) is 0 Å². The highest BCUT2D eigenvalue weighted by atomic mass is 16.6. The summed E-state index contributed by atoms with van der Waals surface area (Å²) in [6.07, 6.45) is 1.10. The van der Waals surface area contributed by atoms with Crippen LogP contribution < -0.4 is 19.6 Å². The van der Waals surface area contributed by atoms with Crippen LogP contribution in [0.4, 0.5) is 5.69 Å². The minimum absolute atomic E-state index is 0.0436. The van der Waals surface area contributed by atoms with Crippen LogP contribution in [-0.2, 0) is 15.0 Å². The summed E-state index contributed by atoms with van der Waals surface area (Å²) in [6, 6.07) is 10.1. The third kappa shape index (κ3) is 6.27. The van der Waals surface area contributed by atoms with Gasteiger partial charge in [-0.05, 0) is 29.2 Å². The van der Waals surface area contributed by atoms with Crippen molar-refractivity contribution < 1.29 is 28.7 Å². The molecule has 0 radical (unpaired) electrons. The topological polar surface area (TPSA) is 129 Å². The summed E-state index contributed by atoms with van der Waals surface area (Å²) in [5, 5.41) is 15.3. The number of para-hydroxylation sites is 1. The van der Waals surface area contributed by atoms with Gasteiger partial charge in [0.15, 0.2) is 12.4 Å². The molecular weight excluding hydrogens is 418 g/mol. The molecule has 2 aromatic rings. The Hall–Kier alpha value is -3.95. The van der Waals surface area contributed by atoms with Gasteiger partial charge in [0.25, 0.3) is 5.91 Å². The highest BCUT2D eigenvalue weighted by Gasteiger charge is 2.25. The second-order valence-electron chi connectivity index (χ2n) is 7.71. The Balaban J connectivity index is 2.12. The number of nitro groups is 1. The van der Waals surface area contributed by atoms with E-state index in [-0.39, 0.29) is 29.1 Å². The van der Waals surface area contributed by atoms with E-state index in [0.717, 1.165) is 18.7 Å². The van der Waals surface area contributed by atoms with Gasteiger partial charge in [-0.2, -0.15) is 5.10 Å². The number of hydrogen-bond acceptors (Lipinski definition) is 8. The van der Waals surface area contributed by atoms with Crippen molar-refractivity contribution in [3.63, 3.8) is 0 Å². The van der Waals surface area contributed by atoms with E-state index >= 15 is 0 Å². The molecule has 32 heavy (non-hydrogen) atoms. The van der Waals surface area contributed by atoms with Gasteiger partial charge >= 0.3 is 11.7 Å². The fourth-order valence-corrected chi connectivity index (χ4v) is 2.85. The standard InChI is InChI=1S/C22H25N3O7/c1-14(26)32-18-11-10-15(20(25(28)29)21(18)30-5)12-23-24-19(27)13-31-17-9-7-6-8-16(17)22(2,3)4/h6-12H,13H2,1-5H3,(H,24,27). The zero-order chi connectivity index (χ0) is 23.9. The molecule has 0 aromatic heterocycles. The number of esters is 1. The molecular formula is C22H25N3O7. The third-order valence-electron chi connectivity index (χ3n) is 4.21. The summed E-state index contributed by atoms with van der Waals surface area (Å²) >= 11 is 0. The van der Waals surface area contributed by atoms with Gasteiger partial charge in [0.1, 0.15) is 5.75 Å². The summed E-state index contributed by atoms with van der Waals surface area (Å²) in [5.41, 5.74) is 2.64. The van der Waals surface area contributed by atoms with Crippen LogP contribution in [-0.4, -0.2) is 36.7 Å². The Labute approximate surface area is 185 Å². The van der Waals surface area contributed by atoms with Crippen molar-refractivity contribution in [2.75, 3.05) is 13.7 Å². The van der Waals surface area contributed by atoms with Crippen LogP contribution in [0, 0.1) is 10.1 Å². The molecule has 0 unspecified atom stereocenters. The van der Waals surface area contributed by atoms with Crippen LogP contribution in [0.1, 0.15) is 38.8 Å². The molecule has 0 bridgehead atoms. The van der Waals surface area contributed by atoms with E-state index in [1.54, 1.807) is 6.07 Å². The Kier molecular flexibility index (Phi) is 7.89. The summed E-state index contributed by atoms with van der Waals surface area (Å²) in [4.78, 5) is 34.2. The van der Waals surface area contributed by atoms with Gasteiger partial charge in [0.05, 0.1) is 23.8 Å². The first-order valence-electron chi connectivity index (χ1n) is 9.62. The molecule has 170 valence electrons. The molecule has 10 nitrogen and oxygen atoms in total. The van der Waals surface area contributed by atoms with E-state index in [1.165, 1.54) is 19.2 Å². The zero-order valence-corrected chi connectivity index (χ0v) is 18.5. The lowest BCUT2D eigenvalue weighted by Crippen LogP contribution is -2.25. The number of nitrogens with one attached hydrogen (secondary N) is 1. The van der Waals surface area contributed by atoms with Gasteiger partial charge in [0, 0.05) is 6.92 Å². The highest BCUT2D eigenvalue weighted by molar-refractivity contribution is 5.90. The van der Waals surface area contributed by atoms with Crippen LogP contribution in [0.25, 0.3) is 0 Å². The minimum Gasteiger partial charge on any atom is -0.488 e. The van der Waals surface area contributed by atoms with Gasteiger partial charge in [0.2, 0.25) is 5.75 Å². The molecule has 0 aliphatic carbocycles. The van der Waals surface area contributed by atoms with E-state index in [4.69, 9.17) is 14.2 Å². The van der Waals surface area contributed by atoms with Gasteiger partial charge in [-0.3, -0.25) is 19.7 Å². The van der Waals surface area contributed by atoms with Crippen LogP contribution in [0.15, 0.2) is 41.5 Å². The van der Waals surface area contributed by atoms with Gasteiger partial charge in [-0.15, -0.1) is 0 Å². The van der Waals surface area contributed by atoms with Crippen molar-refractivity contribution in [2.24, 2.45) is 5.10 Å². The van der Waals surface area contributed by atoms with E-state index in [9.17, 15) is 19.7 Å². The van der Waals surface area contributed by atoms with Crippen molar-refractivity contribution in [3.8, 4) is 17.2 Å². The highest BCUT2D eigenvalue weighted by Crippen LogP contribution is 2.39. The Bertz CT molecular complexity index is 1040. The minimum atomic E-state index is -0.693. The van der Waals surface area contributed by atoms with Crippen LogP contribution in [0.5, 0.6) is 17.2 Å². The monoisotopic (exact) mass is 443 g/mol. The van der Waals surface area contributed by atoms with E-state index in [0.29, 0.717) is 5.75 Å². The summed E-state index contributed by atoms with van der Waals surface area (Å²) < 4.78 is 15.6. The maximum atomic E-state index is 12.1. The second kappa shape index (κ2) is 10.4. The summed E-state index contributed by atoms with van der Waals surface area (Å²) in [5.74, 6) is -0.947. The fourth-order valence-electron chi connectivity index (χ4n) is 2.85. The molecule has 0 aliphatic heterocycles. The van der Waals surface area contributed by atoms with E-state index in [2.05, 4.69) is 10.5 Å². The number of amides is 1. The number of benzene rings is 2. The van der Waals surface area contributed by atoms with Crippen molar-refractivity contribution >= 4 is 23.8 Å². The van der Waals surface area contributed by atoms with Gasteiger partial charge in [-0.25, -0.2) is 5.43 Å². The van der Waals surface area contributed by atoms with Crippen LogP contribution in [0.2, 0.25) is 0 Å². The van der Waals surface area contributed by atoms with Crippen molar-refractivity contribution in [2.45, 2.75) is 33.1 Å². The lowest BCUT2D eigenvalue weighted by molar-refractivity contribution is -0.385. The number of rotatable bonds is 8. The number of nitrogens with zero attached hydrogens (tertiary/aromatic N) is 2. The quantitative estimate of drug-likeness (QED) is 0.218. The molecule has 0 atom stereocenters. The largest absolute Gasteiger partial charge is 0.488 e. The van der Waals surface area contributed by atoms with Crippen LogP contribution >= 0.6 is 0 Å². The number of nitro benzene ring substituents is 1. The normalized spacial score (nSPS) is 11.2. The number of methoxy groups -OCH3 is 1. The number of hydrazone groups is 1. The number of ether oxygens (including phenoxy) is 3. The average molecular weight is 443 g/mol. The van der Waals surface area contributed by atoms with Gasteiger partial charge < -0.3 is 14.2 Å². The molecule has 1 amide bonds. The lowest BCUT2D eigenvalue weighted by Gasteiger charge is -2.22. The van der Waals surface area contributed by atoms with Crippen molar-refractivity contribution in [1.29, 1.82) is 0 Å². The van der Waals surface area contributed by atoms with E-state index < -0.39 is 22.5 Å². The maximum Gasteiger partial charge on any atom is 0.323 e. The number of carbonyl (C=O) groups is 2. The maximum absolute atomic E-state index is 12.1. The smallest absolute Gasteiger partial charge is 0.323 e. The van der Waals surface area contributed by atoms with E-state index in [1.807, 2.05) is 39.0 Å². The molecule has 0 spiro atoms. The molecule has 0 saturated carbocycles. The summed E-state index contributed by atoms with van der Waals surface area (Å²) in [6.45, 7) is 6.98. The first-order chi connectivity index (χ1) is 15.0. The molecule has 2 aromatic carbocycles. The average Bonchev–Trinajstić information content (AvgIpc) is 2.71. The molecule has 0 saturated heterocycles. The molecule has 2 rings (SSSR count). The molecule has 1 N–H and O–H groups in total. The first-order valence-corrected chi connectivity index (χ1v) is 9.62. The van der Waals surface area contributed by atoms with Crippen molar-refractivity contribution in [1.82, 2.24) is 5.43 Å². The Morgan fingerprint density at radius 1 is 1.16 bits per heavy atom. The predicted octanol–water partition coefficient (Wildman–Crippen LogP) is 3.36. The third-order valence-corrected chi connectivity index (χ3v) is 4.21. The summed E-state index contributed by atoms with van der Waals surface area (Å²) in [7, 11) is 1.21. The SMILES string of the molecule is COc1c(OC(C)=O)ccc(C=NNC(=O)COc2ccccc2C(C)(C)C)c1[N+](=O)[O-]. The molecule has 0 heterocycles. The predicted molar refractivity (Wildman–Crippen MR) is 117 cm³/mol. The Morgan fingerprint density at radius 2 is 1.84 bits per heavy atom. The fraction of sp³-hybridized carbons (Fsp3) is 0.318. The lowest BCUT2D eigenvalue weighted by atomic mass is 9.86. The molecule has 0 fully saturated rings. The molecule has 0 aliphatic rings.